The van der Waals surface area contributed by atoms with E-state index in [4.69, 9.17) is 4.74 Å². The fourth-order valence-corrected chi connectivity index (χ4v) is 3.25. The van der Waals surface area contributed by atoms with E-state index in [-0.39, 0.29) is 0 Å². The molecule has 0 saturated carbocycles. The average Bonchev–Trinajstić information content (AvgIpc) is 2.42. The zero-order chi connectivity index (χ0) is 13.9. The lowest BCUT2D eigenvalue weighted by atomic mass is 10.1. The molecule has 1 fully saturated rings. The molecule has 0 spiro atoms. The number of hydrogen-bond donors (Lipinski definition) is 0. The van der Waals surface area contributed by atoms with Gasteiger partial charge >= 0.3 is 0 Å². The van der Waals surface area contributed by atoms with E-state index in [0.717, 1.165) is 13.2 Å². The fraction of sp³-hybridized carbons (Fsp3) is 1.00. The molecule has 0 aliphatic carbocycles. The van der Waals surface area contributed by atoms with Gasteiger partial charge in [-0.15, -0.1) is 0 Å². The summed E-state index contributed by atoms with van der Waals surface area (Å²) in [6.45, 7) is 7.81. The minimum absolute atomic E-state index is 0.423. The molecule has 114 valence electrons. The summed E-state index contributed by atoms with van der Waals surface area (Å²) in [4.78, 5) is 2.65. The monoisotopic (exact) mass is 333 g/mol. The summed E-state index contributed by atoms with van der Waals surface area (Å²) in [7, 11) is 0. The molecule has 0 amide bonds. The summed E-state index contributed by atoms with van der Waals surface area (Å²) in [6.07, 6.45) is 11.4. The molecule has 2 nitrogen and oxygen atoms in total. The van der Waals surface area contributed by atoms with Crippen molar-refractivity contribution in [3.05, 3.63) is 0 Å². The second-order valence-corrected chi connectivity index (χ2v) is 6.66. The van der Waals surface area contributed by atoms with Crippen LogP contribution in [0.25, 0.3) is 0 Å². The maximum atomic E-state index is 5.75. The lowest BCUT2D eigenvalue weighted by Crippen LogP contribution is -2.48. The van der Waals surface area contributed by atoms with Crippen molar-refractivity contribution in [2.45, 2.75) is 77.4 Å². The minimum Gasteiger partial charge on any atom is -0.376 e. The summed E-state index contributed by atoms with van der Waals surface area (Å²) < 4.78 is 5.75. The Bertz CT molecular complexity index is 213. The number of unbranched alkanes of at least 4 members (excludes halogenated alkanes) is 6. The second kappa shape index (κ2) is 11.1. The van der Waals surface area contributed by atoms with Gasteiger partial charge in [-0.05, 0) is 32.7 Å². The maximum absolute atomic E-state index is 5.75. The van der Waals surface area contributed by atoms with E-state index in [2.05, 4.69) is 34.7 Å². The molecular formula is C16H32BrNO. The summed E-state index contributed by atoms with van der Waals surface area (Å²) in [6, 6.07) is 0.662. The van der Waals surface area contributed by atoms with Gasteiger partial charge in [0.1, 0.15) is 0 Å². The van der Waals surface area contributed by atoms with Gasteiger partial charge < -0.3 is 4.74 Å². The Hall–Kier alpha value is 0.400. The summed E-state index contributed by atoms with van der Waals surface area (Å²) in [5.41, 5.74) is 0. The number of hydrogen-bond acceptors (Lipinski definition) is 2. The molecule has 0 radical (unpaired) electrons. The van der Waals surface area contributed by atoms with Gasteiger partial charge in [-0.3, -0.25) is 4.90 Å². The number of rotatable bonds is 10. The van der Waals surface area contributed by atoms with E-state index in [1.807, 2.05) is 0 Å². The van der Waals surface area contributed by atoms with Crippen LogP contribution in [0.5, 0.6) is 0 Å². The number of nitrogens with zero attached hydrogens (tertiary/aromatic N) is 1. The fourth-order valence-electron chi connectivity index (χ4n) is 2.86. The van der Waals surface area contributed by atoms with Crippen LogP contribution in [-0.4, -0.2) is 42.1 Å². The van der Waals surface area contributed by atoms with Gasteiger partial charge in [0, 0.05) is 17.9 Å². The molecule has 3 heteroatoms. The third kappa shape index (κ3) is 7.67. The molecule has 0 aromatic rings. The Morgan fingerprint density at radius 1 is 1.05 bits per heavy atom. The minimum atomic E-state index is 0.423. The lowest BCUT2D eigenvalue weighted by Gasteiger charge is -2.38. The average molecular weight is 334 g/mol. The zero-order valence-electron chi connectivity index (χ0n) is 12.9. The van der Waals surface area contributed by atoms with E-state index in [1.54, 1.807) is 0 Å². The quantitative estimate of drug-likeness (QED) is 0.427. The topological polar surface area (TPSA) is 12.5 Å². The molecule has 1 heterocycles. The molecule has 2 atom stereocenters. The predicted octanol–water partition coefficient (Wildman–Crippen LogP) is 4.61. The number of alkyl halides is 1. The molecule has 0 bridgehead atoms. The smallest absolute Gasteiger partial charge is 0.0674 e. The highest BCUT2D eigenvalue weighted by Gasteiger charge is 2.24. The van der Waals surface area contributed by atoms with E-state index < -0.39 is 0 Å². The first-order valence-corrected chi connectivity index (χ1v) is 9.31. The maximum Gasteiger partial charge on any atom is 0.0674 e. The molecule has 19 heavy (non-hydrogen) atoms. The number of morpholine rings is 1. The largest absolute Gasteiger partial charge is 0.376 e. The second-order valence-electron chi connectivity index (χ2n) is 5.86. The van der Waals surface area contributed by atoms with Crippen LogP contribution in [0.15, 0.2) is 0 Å². The summed E-state index contributed by atoms with van der Waals surface area (Å²) in [5, 5.41) is 1.17. The first kappa shape index (κ1) is 17.5. The molecule has 1 aliphatic heterocycles. The predicted molar refractivity (Wildman–Crippen MR) is 87.2 cm³/mol. The van der Waals surface area contributed by atoms with Crippen LogP contribution in [0.4, 0.5) is 0 Å². The van der Waals surface area contributed by atoms with E-state index >= 15 is 0 Å². The third-order valence-electron chi connectivity index (χ3n) is 4.13. The Labute approximate surface area is 128 Å². The summed E-state index contributed by atoms with van der Waals surface area (Å²) in [5.74, 6) is 0. The first-order chi connectivity index (χ1) is 9.27. The van der Waals surface area contributed by atoms with E-state index in [1.165, 1.54) is 63.2 Å². The number of halogens is 1. The highest BCUT2D eigenvalue weighted by molar-refractivity contribution is 9.09. The third-order valence-corrected chi connectivity index (χ3v) is 4.69. The Balaban J connectivity index is 2.00. The number of ether oxygens (including phenoxy) is 1. The van der Waals surface area contributed by atoms with Gasteiger partial charge in [0.15, 0.2) is 0 Å². The first-order valence-electron chi connectivity index (χ1n) is 8.19. The molecular weight excluding hydrogens is 302 g/mol. The lowest BCUT2D eigenvalue weighted by molar-refractivity contribution is -0.0561. The molecule has 1 aliphatic rings. The van der Waals surface area contributed by atoms with Crippen LogP contribution >= 0.6 is 15.9 Å². The van der Waals surface area contributed by atoms with Crippen LogP contribution in [0, 0.1) is 0 Å². The van der Waals surface area contributed by atoms with E-state index in [0.29, 0.717) is 12.1 Å². The van der Waals surface area contributed by atoms with Crippen molar-refractivity contribution >= 4 is 15.9 Å². The van der Waals surface area contributed by atoms with Crippen molar-refractivity contribution in [1.29, 1.82) is 0 Å². The molecule has 1 saturated heterocycles. The highest BCUT2D eigenvalue weighted by Crippen LogP contribution is 2.16. The summed E-state index contributed by atoms with van der Waals surface area (Å²) >= 11 is 3.49. The molecule has 1 rings (SSSR count). The molecule has 0 N–H and O–H groups in total. The van der Waals surface area contributed by atoms with Crippen LogP contribution in [0.3, 0.4) is 0 Å². The van der Waals surface area contributed by atoms with Crippen molar-refractivity contribution in [3.8, 4) is 0 Å². The van der Waals surface area contributed by atoms with Crippen molar-refractivity contribution in [2.75, 3.05) is 25.0 Å². The van der Waals surface area contributed by atoms with Crippen LogP contribution in [0.1, 0.15) is 65.2 Å². The van der Waals surface area contributed by atoms with Crippen molar-refractivity contribution in [2.24, 2.45) is 0 Å². The van der Waals surface area contributed by atoms with Gasteiger partial charge in [-0.1, -0.05) is 55.0 Å². The van der Waals surface area contributed by atoms with Crippen LogP contribution in [0.2, 0.25) is 0 Å². The SMILES string of the molecule is CCC1COC(C)CN1CCCCCCCCCBr. The van der Waals surface area contributed by atoms with Crippen LogP contribution < -0.4 is 0 Å². The Morgan fingerprint density at radius 2 is 1.68 bits per heavy atom. The molecule has 0 aromatic heterocycles. The van der Waals surface area contributed by atoms with Gasteiger partial charge in [0.25, 0.3) is 0 Å². The molecule has 0 aromatic carbocycles. The van der Waals surface area contributed by atoms with Crippen LogP contribution in [-0.2, 0) is 4.74 Å². The Kier molecular flexibility index (Phi) is 10.2. The normalized spacial score (nSPS) is 24.8. The molecule has 2 unspecified atom stereocenters. The Morgan fingerprint density at radius 3 is 2.32 bits per heavy atom. The van der Waals surface area contributed by atoms with Gasteiger partial charge in [0.05, 0.1) is 12.7 Å². The van der Waals surface area contributed by atoms with Gasteiger partial charge in [-0.25, -0.2) is 0 Å². The van der Waals surface area contributed by atoms with Gasteiger partial charge in [-0.2, -0.15) is 0 Å². The van der Waals surface area contributed by atoms with E-state index in [9.17, 15) is 0 Å². The highest BCUT2D eigenvalue weighted by atomic mass is 79.9. The van der Waals surface area contributed by atoms with Gasteiger partial charge in [0.2, 0.25) is 0 Å². The van der Waals surface area contributed by atoms with Crippen molar-refractivity contribution in [3.63, 3.8) is 0 Å². The van der Waals surface area contributed by atoms with Crippen molar-refractivity contribution in [1.82, 2.24) is 4.90 Å². The van der Waals surface area contributed by atoms with Crippen molar-refractivity contribution < 1.29 is 4.74 Å². The zero-order valence-corrected chi connectivity index (χ0v) is 14.5. The standard InChI is InChI=1S/C16H32BrNO/c1-3-16-14-19-15(2)13-18(16)12-10-8-6-4-5-7-9-11-17/h15-16H,3-14H2,1-2H3.